The highest BCUT2D eigenvalue weighted by atomic mass is 35.5. The van der Waals surface area contributed by atoms with Gasteiger partial charge >= 0.3 is 0 Å². The summed E-state index contributed by atoms with van der Waals surface area (Å²) in [7, 11) is 0. The smallest absolute Gasteiger partial charge is 0.253 e. The molecule has 0 aliphatic carbocycles. The highest BCUT2D eigenvalue weighted by Crippen LogP contribution is 2.02. The van der Waals surface area contributed by atoms with Crippen molar-refractivity contribution in [2.75, 3.05) is 13.2 Å². The van der Waals surface area contributed by atoms with Crippen molar-refractivity contribution in [2.24, 2.45) is 0 Å². The van der Waals surface area contributed by atoms with Gasteiger partial charge in [0.1, 0.15) is 24.6 Å². The van der Waals surface area contributed by atoms with Crippen molar-refractivity contribution in [3.8, 4) is 0 Å². The first-order valence-electron chi connectivity index (χ1n) is 5.47. The molecule has 0 radical (unpaired) electrons. The van der Waals surface area contributed by atoms with Crippen LogP contribution in [0.5, 0.6) is 0 Å². The maximum absolute atomic E-state index is 10.2. The number of carbonyl (C=O) groups is 2. The minimum Gasteiger partial charge on any atom is -0.394 e. The van der Waals surface area contributed by atoms with Crippen LogP contribution >= 0.6 is 11.6 Å². The van der Waals surface area contributed by atoms with Gasteiger partial charge < -0.3 is 40.5 Å². The summed E-state index contributed by atoms with van der Waals surface area (Å²) in [6.45, 7) is -1.27. The summed E-state index contributed by atoms with van der Waals surface area (Å²) in [5.74, 6) is 0. The number of halogens is 1. The Morgan fingerprint density at radius 3 is 1.70 bits per heavy atom. The molecule has 0 spiro atoms. The van der Waals surface area contributed by atoms with E-state index in [1.807, 2.05) is 0 Å². The Bertz CT molecular complexity index is 275. The van der Waals surface area contributed by atoms with Gasteiger partial charge in [-0.15, -0.1) is 0 Å². The van der Waals surface area contributed by atoms with Crippen LogP contribution in [0, 0.1) is 0 Å². The number of carbonyl (C=O) groups excluding carboxylic acids is 2. The second-order valence-electron chi connectivity index (χ2n) is 3.71. The van der Waals surface area contributed by atoms with Crippen LogP contribution in [0.2, 0.25) is 0 Å². The van der Waals surface area contributed by atoms with Crippen molar-refractivity contribution in [3.63, 3.8) is 0 Å². The molecule has 0 saturated heterocycles. The first-order valence-corrected chi connectivity index (χ1v) is 5.85. The van der Waals surface area contributed by atoms with Gasteiger partial charge in [-0.05, 0) is 11.6 Å². The lowest BCUT2D eigenvalue weighted by molar-refractivity contribution is -0.132. The van der Waals surface area contributed by atoms with Crippen molar-refractivity contribution >= 4 is 23.1 Å². The molecule has 5 atom stereocenters. The van der Waals surface area contributed by atoms with Gasteiger partial charge in [0.25, 0.3) is 5.24 Å². The lowest BCUT2D eigenvalue weighted by atomic mass is 10.1. The van der Waals surface area contributed by atoms with Crippen LogP contribution in [0.1, 0.15) is 6.42 Å². The SMILES string of the molecule is O=C(Cl)[C@H](O)[C@H](O)[C@H](O)CO.O=CC[C@H](O)[C@H](O)CO. The highest BCUT2D eigenvalue weighted by molar-refractivity contribution is 6.64. The summed E-state index contributed by atoms with van der Waals surface area (Å²) >= 11 is 4.78. The molecule has 0 amide bonds. The van der Waals surface area contributed by atoms with Crippen molar-refractivity contribution < 1.29 is 45.3 Å². The molecule has 0 heterocycles. The number of aldehydes is 1. The van der Waals surface area contributed by atoms with E-state index in [-0.39, 0.29) is 6.42 Å². The first-order chi connectivity index (χ1) is 9.22. The maximum atomic E-state index is 10.2. The van der Waals surface area contributed by atoms with Gasteiger partial charge in [0.2, 0.25) is 0 Å². The summed E-state index contributed by atoms with van der Waals surface area (Å²) in [6.07, 6.45) is -7.15. The number of aliphatic hydroxyl groups is 7. The van der Waals surface area contributed by atoms with Crippen molar-refractivity contribution in [1.29, 1.82) is 0 Å². The Balaban J connectivity index is 0. The number of hydrogen-bond acceptors (Lipinski definition) is 9. The Labute approximate surface area is 119 Å². The van der Waals surface area contributed by atoms with E-state index < -0.39 is 49.0 Å². The third kappa shape index (κ3) is 9.28. The van der Waals surface area contributed by atoms with Crippen molar-refractivity contribution in [2.45, 2.75) is 36.9 Å². The highest BCUT2D eigenvalue weighted by Gasteiger charge is 2.28. The molecule has 0 aromatic rings. The van der Waals surface area contributed by atoms with Crippen LogP contribution in [0.15, 0.2) is 0 Å². The van der Waals surface area contributed by atoms with Crippen LogP contribution in [0.4, 0.5) is 0 Å². The lowest BCUT2D eigenvalue weighted by Crippen LogP contribution is -2.42. The van der Waals surface area contributed by atoms with E-state index in [4.69, 9.17) is 47.3 Å². The molecule has 0 aromatic carbocycles. The fraction of sp³-hybridized carbons (Fsp3) is 0.800. The van der Waals surface area contributed by atoms with E-state index in [2.05, 4.69) is 0 Å². The Morgan fingerprint density at radius 2 is 1.40 bits per heavy atom. The molecule has 20 heavy (non-hydrogen) atoms. The molecule has 10 heteroatoms. The first kappa shape index (κ1) is 21.6. The fourth-order valence-corrected chi connectivity index (χ4v) is 0.959. The molecule has 0 aliphatic heterocycles. The summed E-state index contributed by atoms with van der Waals surface area (Å²) < 4.78 is 0. The van der Waals surface area contributed by atoms with Gasteiger partial charge in [0.05, 0.1) is 19.3 Å². The number of rotatable bonds is 8. The monoisotopic (exact) mass is 318 g/mol. The van der Waals surface area contributed by atoms with Crippen molar-refractivity contribution in [1.82, 2.24) is 0 Å². The molecule has 0 fully saturated rings. The quantitative estimate of drug-likeness (QED) is 0.174. The lowest BCUT2D eigenvalue weighted by Gasteiger charge is -2.17. The van der Waals surface area contributed by atoms with Gasteiger partial charge in [-0.25, -0.2) is 0 Å². The zero-order valence-corrected chi connectivity index (χ0v) is 11.2. The topological polar surface area (TPSA) is 176 Å². The summed E-state index contributed by atoms with van der Waals surface area (Å²) in [5, 5.41) is 58.7. The zero-order chi connectivity index (χ0) is 16.3. The predicted molar refractivity (Wildman–Crippen MR) is 65.7 cm³/mol. The third-order valence-electron chi connectivity index (χ3n) is 2.11. The molecule has 120 valence electrons. The average Bonchev–Trinajstić information content (AvgIpc) is 2.44. The summed E-state index contributed by atoms with van der Waals surface area (Å²) in [4.78, 5) is 19.9. The second kappa shape index (κ2) is 12.1. The summed E-state index contributed by atoms with van der Waals surface area (Å²) in [5.41, 5.74) is 0. The molecule has 0 unspecified atom stereocenters. The minimum atomic E-state index is -1.86. The molecule has 0 saturated carbocycles. The zero-order valence-electron chi connectivity index (χ0n) is 10.4. The van der Waals surface area contributed by atoms with Crippen molar-refractivity contribution in [3.05, 3.63) is 0 Å². The molecule has 0 rings (SSSR count). The average molecular weight is 319 g/mol. The third-order valence-corrected chi connectivity index (χ3v) is 2.33. The molecule has 9 nitrogen and oxygen atoms in total. The minimum absolute atomic E-state index is 0.137. The Hall–Kier alpha value is -0.650. The molecule has 7 N–H and O–H groups in total. The summed E-state index contributed by atoms with van der Waals surface area (Å²) in [6, 6.07) is 0. The fourth-order valence-electron chi connectivity index (χ4n) is 0.830. The van der Waals surface area contributed by atoms with E-state index in [1.165, 1.54) is 0 Å². The Kier molecular flexibility index (Phi) is 13.1. The van der Waals surface area contributed by atoms with E-state index in [1.54, 1.807) is 0 Å². The van der Waals surface area contributed by atoms with E-state index in [0.29, 0.717) is 6.29 Å². The van der Waals surface area contributed by atoms with Gasteiger partial charge in [0.15, 0.2) is 6.10 Å². The molecule has 0 aliphatic rings. The van der Waals surface area contributed by atoms with Crippen LogP contribution < -0.4 is 0 Å². The molecular formula is C10H19ClO9. The standard InChI is InChI=1S/C5H9ClO5.C5H10O4/c6-5(11)4(10)3(9)2(8)1-7;6-2-1-4(8)5(9)3-7/h2-4,7-10H,1H2;2,4-5,7-9H,1,3H2/t2-,3-,4-;4-,5+/m10/s1. The maximum Gasteiger partial charge on any atom is 0.253 e. The largest absolute Gasteiger partial charge is 0.394 e. The number of hydrogen-bond donors (Lipinski definition) is 7. The van der Waals surface area contributed by atoms with E-state index in [0.717, 1.165) is 0 Å². The van der Waals surface area contributed by atoms with Gasteiger partial charge in [0, 0.05) is 6.42 Å². The second-order valence-corrected chi connectivity index (χ2v) is 4.08. The van der Waals surface area contributed by atoms with Crippen LogP contribution in [0.3, 0.4) is 0 Å². The predicted octanol–water partition coefficient (Wildman–Crippen LogP) is -3.88. The van der Waals surface area contributed by atoms with E-state index >= 15 is 0 Å². The molecule has 0 bridgehead atoms. The van der Waals surface area contributed by atoms with Crippen LogP contribution in [-0.4, -0.2) is 91.0 Å². The van der Waals surface area contributed by atoms with E-state index in [9.17, 15) is 9.59 Å². The van der Waals surface area contributed by atoms with Gasteiger partial charge in [-0.1, -0.05) is 0 Å². The van der Waals surface area contributed by atoms with Crippen LogP contribution in [-0.2, 0) is 9.59 Å². The Morgan fingerprint density at radius 1 is 0.950 bits per heavy atom. The van der Waals surface area contributed by atoms with Gasteiger partial charge in [-0.3, -0.25) is 4.79 Å². The normalized spacial score (nSPS) is 18.0. The van der Waals surface area contributed by atoms with Gasteiger partial charge in [-0.2, -0.15) is 0 Å². The number of aliphatic hydroxyl groups excluding tert-OH is 7. The molecular weight excluding hydrogens is 300 g/mol. The molecule has 0 aromatic heterocycles. The van der Waals surface area contributed by atoms with Crippen LogP contribution in [0.25, 0.3) is 0 Å².